The molecule has 4 rings (SSSR count). The number of benzene rings is 1. The summed E-state index contributed by atoms with van der Waals surface area (Å²) in [6.07, 6.45) is 3.04. The molecule has 0 aliphatic carbocycles. The van der Waals surface area contributed by atoms with E-state index in [9.17, 15) is 18.5 Å². The Kier molecular flexibility index (Phi) is 6.03. The molecule has 2 unspecified atom stereocenters. The normalized spacial score (nSPS) is 19.7. The van der Waals surface area contributed by atoms with Gasteiger partial charge >= 0.3 is 0 Å². The Morgan fingerprint density at radius 3 is 2.64 bits per heavy atom. The van der Waals surface area contributed by atoms with Crippen LogP contribution in [0.25, 0.3) is 10.9 Å². The summed E-state index contributed by atoms with van der Waals surface area (Å²) in [5.41, 5.74) is 0.881. The molecule has 33 heavy (non-hydrogen) atoms. The van der Waals surface area contributed by atoms with E-state index in [0.29, 0.717) is 42.0 Å². The van der Waals surface area contributed by atoms with Gasteiger partial charge in [-0.05, 0) is 63.9 Å². The van der Waals surface area contributed by atoms with Gasteiger partial charge in [0.1, 0.15) is 5.39 Å². The third kappa shape index (κ3) is 4.26. The lowest BCUT2D eigenvalue weighted by molar-refractivity contribution is 0.110. The van der Waals surface area contributed by atoms with Crippen molar-refractivity contribution in [2.75, 3.05) is 18.5 Å². The molecule has 1 saturated heterocycles. The molecular weight excluding hydrogens is 442 g/mol. The Bertz CT molecular complexity index is 1360. The molecule has 9 nitrogen and oxygen atoms in total. The zero-order chi connectivity index (χ0) is 23.8. The maximum Gasteiger partial charge on any atom is 0.261 e. The van der Waals surface area contributed by atoms with E-state index in [1.165, 1.54) is 12.1 Å². The van der Waals surface area contributed by atoms with Crippen LogP contribution in [0.4, 0.5) is 11.5 Å². The third-order valence-electron chi connectivity index (χ3n) is 5.90. The van der Waals surface area contributed by atoms with E-state index < -0.39 is 14.6 Å². The molecule has 1 aromatic carbocycles. The Labute approximate surface area is 192 Å². The van der Waals surface area contributed by atoms with Gasteiger partial charge in [-0.3, -0.25) is 9.48 Å². The largest absolute Gasteiger partial charge is 0.379 e. The molecular formula is C23H27N5O4S. The summed E-state index contributed by atoms with van der Waals surface area (Å²) >= 11 is 0. The third-order valence-corrected chi connectivity index (χ3v) is 8.41. The van der Waals surface area contributed by atoms with Crippen LogP contribution in [0.15, 0.2) is 46.2 Å². The molecule has 10 heteroatoms. The van der Waals surface area contributed by atoms with Crippen molar-refractivity contribution in [3.05, 3.63) is 46.9 Å². The fourth-order valence-electron chi connectivity index (χ4n) is 3.96. The number of H-pyrrole nitrogens is 1. The number of rotatable bonds is 4. The predicted octanol–water partition coefficient (Wildman–Crippen LogP) is 3.53. The fourth-order valence-corrected chi connectivity index (χ4v) is 5.16. The minimum atomic E-state index is -3.48. The number of fused-ring (bicyclic) bond motifs is 1. The minimum absolute atomic E-state index is 0.223. The number of aromatic amines is 1. The number of nitrogens with one attached hydrogen (secondary N) is 2. The van der Waals surface area contributed by atoms with Gasteiger partial charge in [0.05, 0.1) is 39.8 Å². The number of nitriles is 1. The van der Waals surface area contributed by atoms with Gasteiger partial charge in [0.2, 0.25) is 0 Å². The molecule has 0 spiro atoms. The average molecular weight is 470 g/mol. The number of hydrogen-bond donors (Lipinski definition) is 2. The van der Waals surface area contributed by atoms with Gasteiger partial charge in [-0.1, -0.05) is 0 Å². The highest BCUT2D eigenvalue weighted by atomic mass is 32.2. The number of pyridine rings is 1. The lowest BCUT2D eigenvalue weighted by Crippen LogP contribution is -2.27. The fraction of sp³-hybridized carbons (Fsp3) is 0.435. The van der Waals surface area contributed by atoms with Crippen LogP contribution in [-0.2, 0) is 14.6 Å². The quantitative estimate of drug-likeness (QED) is 0.598. The zero-order valence-electron chi connectivity index (χ0n) is 18.8. The van der Waals surface area contributed by atoms with Crippen molar-refractivity contribution >= 4 is 32.2 Å². The van der Waals surface area contributed by atoms with Crippen molar-refractivity contribution in [2.24, 2.45) is 5.92 Å². The summed E-state index contributed by atoms with van der Waals surface area (Å²) in [6.45, 7) is 5.89. The maximum atomic E-state index is 12.7. The molecule has 3 heterocycles. The van der Waals surface area contributed by atoms with Gasteiger partial charge in [0.25, 0.3) is 5.56 Å². The maximum absolute atomic E-state index is 12.7. The van der Waals surface area contributed by atoms with E-state index >= 15 is 0 Å². The topological polar surface area (TPSA) is 130 Å². The molecule has 1 fully saturated rings. The minimum Gasteiger partial charge on any atom is -0.379 e. The van der Waals surface area contributed by atoms with Crippen molar-refractivity contribution in [1.82, 2.24) is 14.8 Å². The van der Waals surface area contributed by atoms with Crippen LogP contribution < -0.4 is 10.9 Å². The first-order chi connectivity index (χ1) is 15.6. The molecule has 0 amide bonds. The molecule has 174 valence electrons. The molecule has 0 saturated carbocycles. The SMILES string of the molecule is CC(C)(C)S(=O)(=O)c1ccc(Nc2nn(C3COCCCC3C#N)c3cc[nH]c(=O)c23)cc1. The van der Waals surface area contributed by atoms with E-state index in [2.05, 4.69) is 21.5 Å². The Morgan fingerprint density at radius 2 is 1.97 bits per heavy atom. The molecule has 0 bridgehead atoms. The molecule has 1 aliphatic rings. The molecule has 0 radical (unpaired) electrons. The van der Waals surface area contributed by atoms with Crippen LogP contribution in [0.3, 0.4) is 0 Å². The summed E-state index contributed by atoms with van der Waals surface area (Å²) in [7, 11) is -3.48. The summed E-state index contributed by atoms with van der Waals surface area (Å²) < 4.78 is 31.9. The van der Waals surface area contributed by atoms with Crippen molar-refractivity contribution in [1.29, 1.82) is 5.26 Å². The van der Waals surface area contributed by atoms with Crippen LogP contribution in [0, 0.1) is 17.2 Å². The first-order valence-corrected chi connectivity index (χ1v) is 12.3. The van der Waals surface area contributed by atoms with Crippen LogP contribution >= 0.6 is 0 Å². The van der Waals surface area contributed by atoms with E-state index in [4.69, 9.17) is 4.74 Å². The first kappa shape index (κ1) is 23.0. The second-order valence-electron chi connectivity index (χ2n) is 9.15. The van der Waals surface area contributed by atoms with E-state index in [1.54, 1.807) is 49.8 Å². The predicted molar refractivity (Wildman–Crippen MR) is 125 cm³/mol. The zero-order valence-corrected chi connectivity index (χ0v) is 19.6. The lowest BCUT2D eigenvalue weighted by Gasteiger charge is -2.20. The van der Waals surface area contributed by atoms with E-state index in [1.807, 2.05) is 0 Å². The number of ether oxygens (including phenoxy) is 1. The van der Waals surface area contributed by atoms with Crippen LogP contribution in [0.2, 0.25) is 0 Å². The highest BCUT2D eigenvalue weighted by molar-refractivity contribution is 7.92. The highest BCUT2D eigenvalue weighted by Gasteiger charge is 2.31. The van der Waals surface area contributed by atoms with Gasteiger partial charge < -0.3 is 15.0 Å². The van der Waals surface area contributed by atoms with Crippen LogP contribution in [0.1, 0.15) is 39.7 Å². The Hall–Kier alpha value is -3.16. The Morgan fingerprint density at radius 1 is 1.24 bits per heavy atom. The summed E-state index contributed by atoms with van der Waals surface area (Å²) in [4.78, 5) is 15.6. The van der Waals surface area contributed by atoms with Crippen molar-refractivity contribution in [2.45, 2.75) is 49.3 Å². The standard InChI is InChI=1S/C23H27N5O4S/c1-23(2,3)33(30,31)17-8-6-16(7-9-17)26-21-20-18(10-11-25-22(20)29)28(27-21)19-14-32-12-4-5-15(19)13-24/h6-11,15,19H,4-5,12,14H2,1-3H3,(H,25,29)(H,26,27). The van der Waals surface area contributed by atoms with E-state index in [0.717, 1.165) is 6.42 Å². The summed E-state index contributed by atoms with van der Waals surface area (Å²) in [6, 6.07) is 10.2. The molecule has 3 aromatic rings. The smallest absolute Gasteiger partial charge is 0.261 e. The van der Waals surface area contributed by atoms with Crippen molar-refractivity contribution < 1.29 is 13.2 Å². The van der Waals surface area contributed by atoms with Crippen molar-refractivity contribution in [3.8, 4) is 6.07 Å². The lowest BCUT2D eigenvalue weighted by atomic mass is 9.97. The molecule has 2 atom stereocenters. The number of nitrogens with zero attached hydrogens (tertiary/aromatic N) is 3. The van der Waals surface area contributed by atoms with Gasteiger partial charge in [0.15, 0.2) is 15.7 Å². The number of sulfone groups is 1. The summed E-state index contributed by atoms with van der Waals surface area (Å²) in [5, 5.41) is 17.8. The molecule has 2 N–H and O–H groups in total. The first-order valence-electron chi connectivity index (χ1n) is 10.8. The second-order valence-corrected chi connectivity index (χ2v) is 11.8. The van der Waals surface area contributed by atoms with Crippen LogP contribution in [-0.4, -0.2) is 41.1 Å². The second kappa shape index (κ2) is 8.65. The number of aromatic nitrogens is 3. The highest BCUT2D eigenvalue weighted by Crippen LogP contribution is 2.32. The molecule has 1 aliphatic heterocycles. The van der Waals surface area contributed by atoms with Crippen LogP contribution in [0.5, 0.6) is 0 Å². The number of anilines is 2. The van der Waals surface area contributed by atoms with E-state index in [-0.39, 0.29) is 22.4 Å². The van der Waals surface area contributed by atoms with Gasteiger partial charge in [-0.25, -0.2) is 8.42 Å². The van der Waals surface area contributed by atoms with Gasteiger partial charge in [-0.15, -0.1) is 0 Å². The number of hydrogen-bond acceptors (Lipinski definition) is 7. The Balaban J connectivity index is 1.74. The molecule has 2 aromatic heterocycles. The average Bonchev–Trinajstić information content (AvgIpc) is 2.97. The monoisotopic (exact) mass is 469 g/mol. The van der Waals surface area contributed by atoms with Gasteiger partial charge in [0, 0.05) is 18.5 Å². The van der Waals surface area contributed by atoms with Gasteiger partial charge in [-0.2, -0.15) is 10.4 Å². The van der Waals surface area contributed by atoms with Crippen molar-refractivity contribution in [3.63, 3.8) is 0 Å². The summed E-state index contributed by atoms with van der Waals surface area (Å²) in [5.74, 6) is 0.0452.